The Morgan fingerprint density at radius 1 is 1.27 bits per heavy atom. The molecule has 0 radical (unpaired) electrons. The van der Waals surface area contributed by atoms with Gasteiger partial charge in [-0.1, -0.05) is 46.4 Å². The van der Waals surface area contributed by atoms with Gasteiger partial charge in [-0.15, -0.1) is 0 Å². The van der Waals surface area contributed by atoms with Gasteiger partial charge in [-0.25, -0.2) is 0 Å². The highest BCUT2D eigenvalue weighted by Gasteiger charge is 2.02. The van der Waals surface area contributed by atoms with Crippen LogP contribution in [-0.4, -0.2) is 0 Å². The van der Waals surface area contributed by atoms with Gasteiger partial charge in [-0.2, -0.15) is 0 Å². The Morgan fingerprint density at radius 3 is 2.36 bits per heavy atom. The van der Waals surface area contributed by atoms with Crippen molar-refractivity contribution in [1.82, 2.24) is 0 Å². The molecule has 0 aromatic heterocycles. The maximum Gasteiger partial charge on any atom is 0.0334 e. The van der Waals surface area contributed by atoms with Gasteiger partial charge in [0.25, 0.3) is 0 Å². The van der Waals surface area contributed by atoms with Crippen LogP contribution in [0.5, 0.6) is 0 Å². The van der Waals surface area contributed by atoms with Gasteiger partial charge in [0.2, 0.25) is 0 Å². The lowest BCUT2D eigenvalue weighted by Gasteiger charge is -2.08. The predicted octanol–water partition coefficient (Wildman–Crippen LogP) is 3.80. The highest BCUT2D eigenvalue weighted by atomic mass is 127. The number of rotatable bonds is 1. The number of benzene rings is 1. The number of aryl methyl sites for hydroxylation is 2. The second-order valence-corrected chi connectivity index (χ2v) is 4.84. The lowest BCUT2D eigenvalue weighted by molar-refractivity contribution is 1.11. The van der Waals surface area contributed by atoms with E-state index in [1.807, 2.05) is 0 Å². The molecule has 0 bridgehead atoms. The van der Waals surface area contributed by atoms with Crippen molar-refractivity contribution in [3.8, 4) is 0 Å². The van der Waals surface area contributed by atoms with Crippen LogP contribution in [0.2, 0.25) is 0 Å². The topological polar surface area (TPSA) is 0 Å². The van der Waals surface area contributed by atoms with Gasteiger partial charge >= 0.3 is 0 Å². The second kappa shape index (κ2) is 3.57. The fourth-order valence-corrected chi connectivity index (χ4v) is 1.97. The average molecular weight is 260 g/mol. The van der Waals surface area contributed by atoms with E-state index in [0.29, 0.717) is 3.92 Å². The molecule has 0 N–H and O–H groups in total. The highest BCUT2D eigenvalue weighted by Crippen LogP contribution is 2.25. The zero-order valence-electron chi connectivity index (χ0n) is 7.19. The van der Waals surface area contributed by atoms with Crippen LogP contribution < -0.4 is 0 Å². The van der Waals surface area contributed by atoms with Crippen LogP contribution in [0.3, 0.4) is 0 Å². The Kier molecular flexibility index (Phi) is 2.93. The monoisotopic (exact) mass is 260 g/mol. The number of halogens is 1. The lowest BCUT2D eigenvalue weighted by Crippen LogP contribution is -1.88. The smallest absolute Gasteiger partial charge is 0.0334 e. The molecule has 0 aliphatic carbocycles. The van der Waals surface area contributed by atoms with Crippen LogP contribution in [0, 0.1) is 13.8 Å². The van der Waals surface area contributed by atoms with Crippen molar-refractivity contribution in [2.24, 2.45) is 0 Å². The van der Waals surface area contributed by atoms with E-state index < -0.39 is 0 Å². The van der Waals surface area contributed by atoms with Crippen LogP contribution >= 0.6 is 22.6 Å². The summed E-state index contributed by atoms with van der Waals surface area (Å²) in [6, 6.07) is 6.64. The van der Waals surface area contributed by atoms with Crippen molar-refractivity contribution >= 4 is 22.6 Å². The van der Waals surface area contributed by atoms with Gasteiger partial charge in [0.1, 0.15) is 0 Å². The number of hydrogen-bond acceptors (Lipinski definition) is 0. The van der Waals surface area contributed by atoms with E-state index in [4.69, 9.17) is 0 Å². The van der Waals surface area contributed by atoms with Crippen LogP contribution in [0.15, 0.2) is 18.2 Å². The summed E-state index contributed by atoms with van der Waals surface area (Å²) in [5.41, 5.74) is 4.21. The van der Waals surface area contributed by atoms with Gasteiger partial charge in [-0.05, 0) is 31.9 Å². The molecule has 1 aromatic carbocycles. The van der Waals surface area contributed by atoms with E-state index in [1.165, 1.54) is 16.7 Å². The van der Waals surface area contributed by atoms with Crippen molar-refractivity contribution in [2.75, 3.05) is 0 Å². The molecule has 0 nitrogen and oxygen atoms in total. The molecule has 1 aromatic rings. The van der Waals surface area contributed by atoms with E-state index in [-0.39, 0.29) is 0 Å². The molecule has 1 heteroatoms. The fraction of sp³-hybridized carbons (Fsp3) is 0.400. The minimum absolute atomic E-state index is 0.619. The third-order valence-electron chi connectivity index (χ3n) is 1.85. The largest absolute Gasteiger partial charge is 0.0777 e. The quantitative estimate of drug-likeness (QED) is 0.532. The summed E-state index contributed by atoms with van der Waals surface area (Å²) in [6.45, 7) is 6.53. The third-order valence-corrected chi connectivity index (χ3v) is 2.52. The van der Waals surface area contributed by atoms with Gasteiger partial charge in [0, 0.05) is 3.92 Å². The zero-order valence-corrected chi connectivity index (χ0v) is 9.34. The van der Waals surface area contributed by atoms with Gasteiger partial charge in [0.15, 0.2) is 0 Å². The summed E-state index contributed by atoms with van der Waals surface area (Å²) in [5, 5.41) is 0. The first-order chi connectivity index (χ1) is 5.11. The maximum atomic E-state index is 2.45. The minimum atomic E-state index is 0.619. The molecule has 0 amide bonds. The Morgan fingerprint density at radius 2 is 1.91 bits per heavy atom. The fourth-order valence-electron chi connectivity index (χ4n) is 1.27. The third kappa shape index (κ3) is 2.19. The molecule has 0 saturated carbocycles. The molecule has 1 unspecified atom stereocenters. The van der Waals surface area contributed by atoms with E-state index in [2.05, 4.69) is 61.6 Å². The molecular formula is C10H13I. The highest BCUT2D eigenvalue weighted by molar-refractivity contribution is 14.1. The molecule has 0 saturated heterocycles. The molecule has 0 fully saturated rings. The van der Waals surface area contributed by atoms with Gasteiger partial charge < -0.3 is 0 Å². The van der Waals surface area contributed by atoms with Crippen LogP contribution in [0.4, 0.5) is 0 Å². The molecule has 1 rings (SSSR count). The van der Waals surface area contributed by atoms with Crippen molar-refractivity contribution in [3.05, 3.63) is 34.9 Å². The SMILES string of the molecule is Cc1ccc(C(C)I)c(C)c1. The number of alkyl halides is 1. The van der Waals surface area contributed by atoms with E-state index in [1.54, 1.807) is 0 Å². The van der Waals surface area contributed by atoms with Crippen molar-refractivity contribution < 1.29 is 0 Å². The standard InChI is InChI=1S/C10H13I/c1-7-4-5-10(9(3)11)8(2)6-7/h4-6,9H,1-3H3. The first-order valence-corrected chi connectivity index (χ1v) is 5.07. The Hall–Kier alpha value is -0.0500. The van der Waals surface area contributed by atoms with Crippen molar-refractivity contribution in [3.63, 3.8) is 0 Å². The average Bonchev–Trinajstić information content (AvgIpc) is 1.85. The summed E-state index contributed by atoms with van der Waals surface area (Å²) in [4.78, 5) is 0. The summed E-state index contributed by atoms with van der Waals surface area (Å²) in [7, 11) is 0. The molecule has 0 heterocycles. The first-order valence-electron chi connectivity index (χ1n) is 3.82. The molecule has 1 atom stereocenters. The van der Waals surface area contributed by atoms with Gasteiger partial charge in [-0.3, -0.25) is 0 Å². The molecule has 0 aliphatic heterocycles. The second-order valence-electron chi connectivity index (χ2n) is 2.98. The van der Waals surface area contributed by atoms with E-state index in [0.717, 1.165) is 0 Å². The molecule has 60 valence electrons. The van der Waals surface area contributed by atoms with Crippen LogP contribution in [0.1, 0.15) is 27.5 Å². The molecule has 11 heavy (non-hydrogen) atoms. The molecule has 0 aliphatic rings. The summed E-state index contributed by atoms with van der Waals surface area (Å²) < 4.78 is 0.619. The van der Waals surface area contributed by atoms with Crippen LogP contribution in [0.25, 0.3) is 0 Å². The van der Waals surface area contributed by atoms with Gasteiger partial charge in [0.05, 0.1) is 0 Å². The maximum absolute atomic E-state index is 2.45. The first kappa shape index (κ1) is 9.04. The molecule has 0 spiro atoms. The van der Waals surface area contributed by atoms with Crippen LogP contribution in [-0.2, 0) is 0 Å². The Labute approximate surface area is 82.2 Å². The normalized spacial score (nSPS) is 13.1. The van der Waals surface area contributed by atoms with E-state index >= 15 is 0 Å². The van der Waals surface area contributed by atoms with Crippen molar-refractivity contribution in [2.45, 2.75) is 24.7 Å². The summed E-state index contributed by atoms with van der Waals surface area (Å²) in [5.74, 6) is 0. The minimum Gasteiger partial charge on any atom is -0.0777 e. The van der Waals surface area contributed by atoms with Crippen molar-refractivity contribution in [1.29, 1.82) is 0 Å². The summed E-state index contributed by atoms with van der Waals surface area (Å²) >= 11 is 2.45. The molecular weight excluding hydrogens is 247 g/mol. The lowest BCUT2D eigenvalue weighted by atomic mass is 10.0. The van der Waals surface area contributed by atoms with E-state index in [9.17, 15) is 0 Å². The predicted molar refractivity (Wildman–Crippen MR) is 58.4 cm³/mol. The summed E-state index contributed by atoms with van der Waals surface area (Å²) in [6.07, 6.45) is 0. The zero-order chi connectivity index (χ0) is 8.43. The Bertz CT molecular complexity index is 251. The Balaban J connectivity index is 3.09. The number of hydrogen-bond donors (Lipinski definition) is 0.